The molecule has 4 N–H and O–H groups in total. The van der Waals surface area contributed by atoms with Crippen molar-refractivity contribution in [1.82, 2.24) is 21.6 Å². The number of urea groups is 1. The maximum absolute atomic E-state index is 11.2. The van der Waals surface area contributed by atoms with E-state index in [1.807, 2.05) is 38.1 Å². The average Bonchev–Trinajstić information content (AvgIpc) is 2.40. The number of hydrogen-bond acceptors (Lipinski definition) is 4. The molecule has 0 aromatic heterocycles. The maximum Gasteiger partial charge on any atom is 0.330 e. The molecule has 2 unspecified atom stereocenters. The van der Waals surface area contributed by atoms with Crippen molar-refractivity contribution in [3.63, 3.8) is 0 Å². The first-order valence-corrected chi connectivity index (χ1v) is 6.73. The van der Waals surface area contributed by atoms with Crippen molar-refractivity contribution in [3.05, 3.63) is 34.3 Å². The van der Waals surface area contributed by atoms with Gasteiger partial charge >= 0.3 is 6.03 Å². The highest BCUT2D eigenvalue weighted by atomic mass is 79.9. The largest absolute Gasteiger partial charge is 0.330 e. The van der Waals surface area contributed by atoms with E-state index in [2.05, 4.69) is 42.6 Å². The number of hydrazone groups is 1. The van der Waals surface area contributed by atoms with Gasteiger partial charge in [0.25, 0.3) is 0 Å². The Morgan fingerprint density at radius 2 is 2.05 bits per heavy atom. The molecule has 0 spiro atoms. The summed E-state index contributed by atoms with van der Waals surface area (Å²) in [4.78, 5) is 11.2. The Kier molecular flexibility index (Phi) is 4.39. The fourth-order valence-electron chi connectivity index (χ4n) is 1.63. The van der Waals surface area contributed by atoms with Gasteiger partial charge in [-0.1, -0.05) is 28.1 Å². The van der Waals surface area contributed by atoms with E-state index in [-0.39, 0.29) is 18.2 Å². The Balaban J connectivity index is 2.01. The van der Waals surface area contributed by atoms with Crippen molar-refractivity contribution >= 4 is 27.7 Å². The number of carbonyl (C=O) groups is 1. The van der Waals surface area contributed by atoms with Crippen LogP contribution in [0.3, 0.4) is 0 Å². The zero-order valence-corrected chi connectivity index (χ0v) is 12.3. The molecule has 0 aliphatic carbocycles. The summed E-state index contributed by atoms with van der Waals surface area (Å²) < 4.78 is 1.03. The first-order chi connectivity index (χ1) is 9.06. The minimum atomic E-state index is -0.271. The summed E-state index contributed by atoms with van der Waals surface area (Å²) in [6.45, 7) is 3.85. The Bertz CT molecular complexity index is 487. The van der Waals surface area contributed by atoms with Crippen LogP contribution < -0.4 is 21.6 Å². The van der Waals surface area contributed by atoms with Crippen LogP contribution in [0.1, 0.15) is 19.4 Å². The van der Waals surface area contributed by atoms with Crippen LogP contribution in [0.2, 0.25) is 0 Å². The zero-order valence-electron chi connectivity index (χ0n) is 10.7. The first kappa shape index (κ1) is 13.8. The third-order valence-corrected chi connectivity index (χ3v) is 3.36. The number of hydrogen-bond donors (Lipinski definition) is 4. The highest BCUT2D eigenvalue weighted by molar-refractivity contribution is 9.10. The van der Waals surface area contributed by atoms with Crippen LogP contribution in [0.25, 0.3) is 0 Å². The average molecular weight is 326 g/mol. The summed E-state index contributed by atoms with van der Waals surface area (Å²) in [5, 5.41) is 7.05. The molecule has 19 heavy (non-hydrogen) atoms. The van der Waals surface area contributed by atoms with E-state index in [9.17, 15) is 4.79 Å². The number of nitrogens with one attached hydrogen (secondary N) is 4. The predicted octanol–water partition coefficient (Wildman–Crippen LogP) is 1.29. The molecule has 1 saturated heterocycles. The minimum Gasteiger partial charge on any atom is -0.314 e. The summed E-state index contributed by atoms with van der Waals surface area (Å²) in [5.74, 6) is 0. The van der Waals surface area contributed by atoms with Crippen LogP contribution in [0.15, 0.2) is 33.8 Å². The third kappa shape index (κ3) is 3.68. The topological polar surface area (TPSA) is 77.5 Å². The monoisotopic (exact) mass is 325 g/mol. The summed E-state index contributed by atoms with van der Waals surface area (Å²) in [7, 11) is 0. The maximum atomic E-state index is 11.2. The highest BCUT2D eigenvalue weighted by Crippen LogP contribution is 2.11. The molecule has 1 aromatic carbocycles. The molecule has 7 heteroatoms. The Morgan fingerprint density at radius 1 is 1.37 bits per heavy atom. The van der Waals surface area contributed by atoms with Gasteiger partial charge in [0.1, 0.15) is 6.17 Å². The normalized spacial score (nSPS) is 23.5. The van der Waals surface area contributed by atoms with Gasteiger partial charge in [-0.2, -0.15) is 5.10 Å². The first-order valence-electron chi connectivity index (χ1n) is 5.94. The van der Waals surface area contributed by atoms with Crippen LogP contribution in [0.4, 0.5) is 4.79 Å². The van der Waals surface area contributed by atoms with Gasteiger partial charge in [-0.3, -0.25) is 10.9 Å². The SMILES string of the molecule is C/C(=N\NC1NC(=O)NNC1C)c1ccc(Br)cc1. The highest BCUT2D eigenvalue weighted by Gasteiger charge is 2.23. The number of hydrazine groups is 1. The van der Waals surface area contributed by atoms with E-state index in [1.54, 1.807) is 0 Å². The van der Waals surface area contributed by atoms with Gasteiger partial charge in [0, 0.05) is 4.47 Å². The molecule has 1 fully saturated rings. The molecular weight excluding hydrogens is 310 g/mol. The van der Waals surface area contributed by atoms with Gasteiger partial charge in [-0.25, -0.2) is 10.2 Å². The Labute approximate surface area is 120 Å². The van der Waals surface area contributed by atoms with E-state index in [1.165, 1.54) is 0 Å². The minimum absolute atomic E-state index is 0.0270. The van der Waals surface area contributed by atoms with Gasteiger partial charge in [0.2, 0.25) is 0 Å². The fourth-order valence-corrected chi connectivity index (χ4v) is 1.90. The van der Waals surface area contributed by atoms with Crippen LogP contribution in [0.5, 0.6) is 0 Å². The second-order valence-corrected chi connectivity index (χ2v) is 5.26. The lowest BCUT2D eigenvalue weighted by atomic mass is 10.1. The molecule has 2 rings (SSSR count). The van der Waals surface area contributed by atoms with E-state index in [0.29, 0.717) is 0 Å². The molecule has 1 aliphatic heterocycles. The van der Waals surface area contributed by atoms with Gasteiger partial charge in [0.05, 0.1) is 11.8 Å². The molecule has 0 saturated carbocycles. The number of benzene rings is 1. The molecule has 1 aromatic rings. The zero-order chi connectivity index (χ0) is 13.8. The number of rotatable bonds is 3. The van der Waals surface area contributed by atoms with Crippen LogP contribution >= 0.6 is 15.9 Å². The Morgan fingerprint density at radius 3 is 2.74 bits per heavy atom. The molecule has 0 radical (unpaired) electrons. The lowest BCUT2D eigenvalue weighted by Crippen LogP contribution is -2.67. The number of halogens is 1. The molecule has 6 nitrogen and oxygen atoms in total. The van der Waals surface area contributed by atoms with Crippen LogP contribution in [-0.4, -0.2) is 24.0 Å². The molecular formula is C12H16BrN5O. The summed E-state index contributed by atoms with van der Waals surface area (Å²) in [6.07, 6.45) is -0.251. The molecule has 2 atom stereocenters. The quantitative estimate of drug-likeness (QED) is 0.499. The van der Waals surface area contributed by atoms with Gasteiger partial charge < -0.3 is 5.32 Å². The van der Waals surface area contributed by atoms with Crippen LogP contribution in [-0.2, 0) is 0 Å². The van der Waals surface area contributed by atoms with E-state index in [4.69, 9.17) is 0 Å². The van der Waals surface area contributed by atoms with Crippen molar-refractivity contribution in [1.29, 1.82) is 0 Å². The summed E-state index contributed by atoms with van der Waals surface area (Å²) >= 11 is 3.39. The lowest BCUT2D eigenvalue weighted by molar-refractivity contribution is 0.202. The Hall–Kier alpha value is -1.60. The standard InChI is InChI=1S/C12H16BrN5O/c1-7(9-3-5-10(13)6-4-9)15-17-11-8(2)16-18-12(19)14-11/h3-6,8,11,16-17H,1-2H3,(H2,14,18,19)/b15-7+. The smallest absolute Gasteiger partial charge is 0.314 e. The van der Waals surface area contributed by atoms with Crippen LogP contribution in [0, 0.1) is 0 Å². The molecule has 0 bridgehead atoms. The predicted molar refractivity (Wildman–Crippen MR) is 77.5 cm³/mol. The number of amides is 2. The van der Waals surface area contributed by atoms with E-state index < -0.39 is 0 Å². The molecule has 2 amide bonds. The van der Waals surface area contributed by atoms with Gasteiger partial charge in [-0.15, -0.1) is 0 Å². The second kappa shape index (κ2) is 6.03. The molecule has 1 aliphatic rings. The van der Waals surface area contributed by atoms with E-state index >= 15 is 0 Å². The van der Waals surface area contributed by atoms with E-state index in [0.717, 1.165) is 15.7 Å². The number of carbonyl (C=O) groups excluding carboxylic acids is 1. The molecule has 102 valence electrons. The van der Waals surface area contributed by atoms with Crippen molar-refractivity contribution in [2.75, 3.05) is 0 Å². The van der Waals surface area contributed by atoms with Gasteiger partial charge in [0.15, 0.2) is 0 Å². The lowest BCUT2D eigenvalue weighted by Gasteiger charge is -2.30. The molecule has 1 heterocycles. The van der Waals surface area contributed by atoms with Crippen molar-refractivity contribution in [2.45, 2.75) is 26.1 Å². The van der Waals surface area contributed by atoms with Crippen molar-refractivity contribution in [3.8, 4) is 0 Å². The summed E-state index contributed by atoms with van der Waals surface area (Å²) in [5.41, 5.74) is 10.2. The number of nitrogens with zero attached hydrogens (tertiary/aromatic N) is 1. The third-order valence-electron chi connectivity index (χ3n) is 2.83. The second-order valence-electron chi connectivity index (χ2n) is 4.34. The fraction of sp³-hybridized carbons (Fsp3) is 0.333. The summed E-state index contributed by atoms with van der Waals surface area (Å²) in [6, 6.07) is 7.64. The van der Waals surface area contributed by atoms with Gasteiger partial charge in [-0.05, 0) is 31.5 Å². The van der Waals surface area contributed by atoms with Crippen molar-refractivity contribution in [2.24, 2.45) is 5.10 Å². The van der Waals surface area contributed by atoms with Crippen molar-refractivity contribution < 1.29 is 4.79 Å².